The number of hydrogen-bond donors (Lipinski definition) is 1. The van der Waals surface area contributed by atoms with E-state index in [2.05, 4.69) is 27.3 Å². The lowest BCUT2D eigenvalue weighted by molar-refractivity contribution is -0.385. The third-order valence-corrected chi connectivity index (χ3v) is 5.85. The number of aryl methyl sites for hydroxylation is 1. The van der Waals surface area contributed by atoms with E-state index in [-0.39, 0.29) is 11.6 Å². The molecule has 32 heavy (non-hydrogen) atoms. The van der Waals surface area contributed by atoms with Gasteiger partial charge < -0.3 is 10.2 Å². The Balaban J connectivity index is 1.41. The van der Waals surface area contributed by atoms with Crippen molar-refractivity contribution in [2.45, 2.75) is 26.7 Å². The number of carbonyl (C=O) groups is 1. The average molecular weight is 431 g/mol. The van der Waals surface area contributed by atoms with Crippen molar-refractivity contribution in [3.8, 4) is 11.3 Å². The van der Waals surface area contributed by atoms with Crippen LogP contribution >= 0.6 is 0 Å². The van der Waals surface area contributed by atoms with Gasteiger partial charge in [-0.2, -0.15) is 0 Å². The van der Waals surface area contributed by atoms with E-state index in [1.165, 1.54) is 31.0 Å². The molecule has 3 aromatic rings. The third kappa shape index (κ3) is 4.74. The summed E-state index contributed by atoms with van der Waals surface area (Å²) in [5.41, 5.74) is 3.10. The highest BCUT2D eigenvalue weighted by atomic mass is 16.6. The molecular formula is C24H25N5O3. The van der Waals surface area contributed by atoms with Gasteiger partial charge in [0, 0.05) is 41.5 Å². The second kappa shape index (κ2) is 9.13. The zero-order valence-electron chi connectivity index (χ0n) is 18.1. The highest BCUT2D eigenvalue weighted by Crippen LogP contribution is 2.24. The minimum Gasteiger partial charge on any atom is -0.355 e. The molecule has 8 heteroatoms. The van der Waals surface area contributed by atoms with Gasteiger partial charge in [0.05, 0.1) is 10.6 Å². The molecule has 1 aliphatic rings. The first kappa shape index (κ1) is 21.4. The first-order valence-electron chi connectivity index (χ1n) is 10.7. The number of benzene rings is 2. The van der Waals surface area contributed by atoms with Crippen LogP contribution in [0.3, 0.4) is 0 Å². The molecular weight excluding hydrogens is 406 g/mol. The van der Waals surface area contributed by atoms with Crippen LogP contribution in [0.15, 0.2) is 54.6 Å². The molecule has 1 amide bonds. The van der Waals surface area contributed by atoms with Gasteiger partial charge in [-0.25, -0.2) is 0 Å². The van der Waals surface area contributed by atoms with Crippen LogP contribution in [0.4, 0.5) is 17.2 Å². The molecule has 8 nitrogen and oxygen atoms in total. The number of nitro benzene ring substituents is 1. The van der Waals surface area contributed by atoms with Gasteiger partial charge in [-0.15, -0.1) is 10.2 Å². The Morgan fingerprint density at radius 2 is 1.78 bits per heavy atom. The summed E-state index contributed by atoms with van der Waals surface area (Å²) >= 11 is 0. The van der Waals surface area contributed by atoms with E-state index in [0.717, 1.165) is 36.1 Å². The molecule has 0 radical (unpaired) electrons. The highest BCUT2D eigenvalue weighted by Gasteiger charge is 2.17. The Labute approximate surface area is 186 Å². The zero-order chi connectivity index (χ0) is 22.7. The van der Waals surface area contributed by atoms with E-state index < -0.39 is 4.92 Å². The molecule has 1 saturated heterocycles. The fourth-order valence-corrected chi connectivity index (χ4v) is 3.81. The maximum absolute atomic E-state index is 12.5. The maximum Gasteiger partial charge on any atom is 0.272 e. The minimum absolute atomic E-state index is 0.00660. The van der Waals surface area contributed by atoms with E-state index in [1.807, 2.05) is 24.3 Å². The van der Waals surface area contributed by atoms with Gasteiger partial charge >= 0.3 is 0 Å². The quantitative estimate of drug-likeness (QED) is 0.458. The van der Waals surface area contributed by atoms with Crippen molar-refractivity contribution >= 4 is 23.1 Å². The molecule has 2 heterocycles. The molecule has 164 valence electrons. The predicted octanol–water partition coefficient (Wildman–Crippen LogP) is 4.85. The van der Waals surface area contributed by atoms with E-state index >= 15 is 0 Å². The van der Waals surface area contributed by atoms with Crippen LogP contribution in [0.25, 0.3) is 11.3 Å². The predicted molar refractivity (Wildman–Crippen MR) is 124 cm³/mol. The normalized spacial score (nSPS) is 14.2. The number of piperidine rings is 1. The second-order valence-electron chi connectivity index (χ2n) is 8.24. The Bertz CT molecular complexity index is 1120. The van der Waals surface area contributed by atoms with Crippen LogP contribution in [0.1, 0.15) is 35.7 Å². The summed E-state index contributed by atoms with van der Waals surface area (Å²) < 4.78 is 0. The summed E-state index contributed by atoms with van der Waals surface area (Å²) in [6, 6.07) is 15.6. The standard InChI is InChI=1S/C24H25N5O3/c1-16-11-13-28(14-12-16)23-10-8-21(26-27-23)18-3-6-20(7-4-18)25-24(30)19-5-9-22(29(31)32)17(2)15-19/h3-10,15-16H,11-14H2,1-2H3,(H,25,30). The molecule has 1 fully saturated rings. The van der Waals surface area contributed by atoms with Gasteiger partial charge in [0.1, 0.15) is 0 Å². The fraction of sp³-hybridized carbons (Fsp3) is 0.292. The average Bonchev–Trinajstić information content (AvgIpc) is 2.80. The summed E-state index contributed by atoms with van der Waals surface area (Å²) in [6.45, 7) is 5.92. The summed E-state index contributed by atoms with van der Waals surface area (Å²) in [4.78, 5) is 25.3. The van der Waals surface area contributed by atoms with E-state index in [1.54, 1.807) is 19.1 Å². The molecule has 0 unspecified atom stereocenters. The van der Waals surface area contributed by atoms with Crippen molar-refractivity contribution in [2.75, 3.05) is 23.3 Å². The van der Waals surface area contributed by atoms with Crippen molar-refractivity contribution in [3.63, 3.8) is 0 Å². The van der Waals surface area contributed by atoms with E-state index in [0.29, 0.717) is 16.8 Å². The number of hydrogen-bond acceptors (Lipinski definition) is 6. The lowest BCUT2D eigenvalue weighted by Gasteiger charge is -2.30. The number of anilines is 2. The van der Waals surface area contributed by atoms with Gasteiger partial charge in [0.15, 0.2) is 5.82 Å². The van der Waals surface area contributed by atoms with Crippen molar-refractivity contribution in [1.82, 2.24) is 10.2 Å². The summed E-state index contributed by atoms with van der Waals surface area (Å²) in [7, 11) is 0. The van der Waals surface area contributed by atoms with Gasteiger partial charge in [-0.05, 0) is 62.1 Å². The van der Waals surface area contributed by atoms with Crippen molar-refractivity contribution in [1.29, 1.82) is 0 Å². The minimum atomic E-state index is -0.460. The molecule has 0 spiro atoms. The Kier molecular flexibility index (Phi) is 6.11. The molecule has 0 bridgehead atoms. The molecule has 0 saturated carbocycles. The highest BCUT2D eigenvalue weighted by molar-refractivity contribution is 6.04. The van der Waals surface area contributed by atoms with Gasteiger partial charge in [0.2, 0.25) is 0 Å². The summed E-state index contributed by atoms with van der Waals surface area (Å²) in [6.07, 6.45) is 2.35. The second-order valence-corrected chi connectivity index (χ2v) is 8.24. The van der Waals surface area contributed by atoms with Crippen LogP contribution in [-0.2, 0) is 0 Å². The lowest BCUT2D eigenvalue weighted by Crippen LogP contribution is -2.33. The van der Waals surface area contributed by atoms with Crippen molar-refractivity contribution in [3.05, 3.63) is 75.8 Å². The van der Waals surface area contributed by atoms with E-state index in [9.17, 15) is 14.9 Å². The molecule has 2 aromatic carbocycles. The number of amides is 1. The monoisotopic (exact) mass is 431 g/mol. The lowest BCUT2D eigenvalue weighted by atomic mass is 9.99. The number of nitrogens with one attached hydrogen (secondary N) is 1. The Morgan fingerprint density at radius 3 is 2.38 bits per heavy atom. The number of nitrogens with zero attached hydrogens (tertiary/aromatic N) is 4. The zero-order valence-corrected chi connectivity index (χ0v) is 18.1. The van der Waals surface area contributed by atoms with Crippen LogP contribution in [0.2, 0.25) is 0 Å². The molecule has 0 atom stereocenters. The largest absolute Gasteiger partial charge is 0.355 e. The first-order valence-corrected chi connectivity index (χ1v) is 10.7. The van der Waals surface area contributed by atoms with Gasteiger partial charge in [0.25, 0.3) is 11.6 Å². The van der Waals surface area contributed by atoms with Crippen LogP contribution in [-0.4, -0.2) is 34.1 Å². The van der Waals surface area contributed by atoms with Gasteiger partial charge in [-0.3, -0.25) is 14.9 Å². The molecule has 1 aliphatic heterocycles. The molecule has 1 N–H and O–H groups in total. The van der Waals surface area contributed by atoms with Gasteiger partial charge in [-0.1, -0.05) is 19.1 Å². The van der Waals surface area contributed by atoms with Crippen molar-refractivity contribution in [2.24, 2.45) is 5.92 Å². The molecule has 4 rings (SSSR count). The summed E-state index contributed by atoms with van der Waals surface area (Å²) in [5, 5.41) is 22.5. The Morgan fingerprint density at radius 1 is 1.06 bits per heavy atom. The molecule has 1 aromatic heterocycles. The Hall–Kier alpha value is -3.81. The third-order valence-electron chi connectivity index (χ3n) is 5.85. The van der Waals surface area contributed by atoms with E-state index in [4.69, 9.17) is 0 Å². The number of rotatable bonds is 5. The van der Waals surface area contributed by atoms with Crippen LogP contribution in [0, 0.1) is 23.0 Å². The molecule has 0 aliphatic carbocycles. The first-order chi connectivity index (χ1) is 15.4. The number of aromatic nitrogens is 2. The topological polar surface area (TPSA) is 101 Å². The number of carbonyl (C=O) groups excluding carboxylic acids is 1. The fourth-order valence-electron chi connectivity index (χ4n) is 3.81. The number of nitro groups is 1. The SMILES string of the molecule is Cc1cc(C(=O)Nc2ccc(-c3ccc(N4CCC(C)CC4)nn3)cc2)ccc1[N+](=O)[O-]. The van der Waals surface area contributed by atoms with Crippen LogP contribution in [0.5, 0.6) is 0 Å². The maximum atomic E-state index is 12.5. The smallest absolute Gasteiger partial charge is 0.272 e. The van der Waals surface area contributed by atoms with Crippen molar-refractivity contribution < 1.29 is 9.72 Å². The summed E-state index contributed by atoms with van der Waals surface area (Å²) in [5.74, 6) is 1.35. The van der Waals surface area contributed by atoms with Crippen LogP contribution < -0.4 is 10.2 Å².